The van der Waals surface area contributed by atoms with Gasteiger partial charge < -0.3 is 4.57 Å². The van der Waals surface area contributed by atoms with Gasteiger partial charge in [0.25, 0.3) is 0 Å². The molecule has 0 aliphatic heterocycles. The molecule has 23 heavy (non-hydrogen) atoms. The normalized spacial score (nSPS) is 11.0. The summed E-state index contributed by atoms with van der Waals surface area (Å²) in [5, 5.41) is 0. The summed E-state index contributed by atoms with van der Waals surface area (Å²) in [6.07, 6.45) is 5.67. The monoisotopic (exact) mass is 299 g/mol. The second-order valence-corrected chi connectivity index (χ2v) is 5.72. The van der Waals surface area contributed by atoms with Crippen LogP contribution in [0.25, 0.3) is 22.2 Å². The van der Waals surface area contributed by atoms with Crippen LogP contribution in [0, 0.1) is 6.92 Å². The first kappa shape index (κ1) is 13.7. The molecule has 2 aromatic heterocycles. The lowest BCUT2D eigenvalue weighted by atomic mass is 10.0. The number of benzene rings is 2. The molecule has 0 aliphatic carbocycles. The van der Waals surface area contributed by atoms with E-state index < -0.39 is 0 Å². The molecule has 0 atom stereocenters. The summed E-state index contributed by atoms with van der Waals surface area (Å²) in [5.41, 5.74) is 6.94. The Morgan fingerprint density at radius 3 is 2.61 bits per heavy atom. The molecule has 0 amide bonds. The van der Waals surface area contributed by atoms with E-state index in [0.717, 1.165) is 28.7 Å². The van der Waals surface area contributed by atoms with Crippen LogP contribution in [0.2, 0.25) is 0 Å². The summed E-state index contributed by atoms with van der Waals surface area (Å²) < 4.78 is 2.19. The van der Waals surface area contributed by atoms with Crippen molar-refractivity contribution >= 4 is 11.0 Å². The van der Waals surface area contributed by atoms with Gasteiger partial charge in [0.05, 0.1) is 17.4 Å². The highest BCUT2D eigenvalue weighted by Crippen LogP contribution is 2.29. The first-order valence-electron chi connectivity index (χ1n) is 7.72. The number of pyridine rings is 1. The van der Waals surface area contributed by atoms with Crippen molar-refractivity contribution in [2.24, 2.45) is 0 Å². The molecule has 3 heteroatoms. The highest BCUT2D eigenvalue weighted by atomic mass is 15.0. The number of hydrogen-bond acceptors (Lipinski definition) is 2. The van der Waals surface area contributed by atoms with Crippen molar-refractivity contribution in [1.82, 2.24) is 14.5 Å². The smallest absolute Gasteiger partial charge is 0.0963 e. The van der Waals surface area contributed by atoms with E-state index in [9.17, 15) is 0 Å². The highest BCUT2D eigenvalue weighted by molar-refractivity contribution is 5.92. The lowest BCUT2D eigenvalue weighted by Gasteiger charge is -2.08. The minimum absolute atomic E-state index is 0.826. The summed E-state index contributed by atoms with van der Waals surface area (Å²) in [4.78, 5) is 8.94. The van der Waals surface area contributed by atoms with E-state index in [4.69, 9.17) is 0 Å². The predicted octanol–water partition coefficient (Wildman–Crippen LogP) is 4.46. The molecule has 2 heterocycles. The Balaban J connectivity index is 1.83. The van der Waals surface area contributed by atoms with Crippen LogP contribution < -0.4 is 0 Å². The van der Waals surface area contributed by atoms with E-state index in [1.807, 2.05) is 30.9 Å². The molecule has 112 valence electrons. The van der Waals surface area contributed by atoms with Gasteiger partial charge in [0, 0.05) is 30.1 Å². The topological polar surface area (TPSA) is 30.7 Å². The van der Waals surface area contributed by atoms with E-state index in [0.29, 0.717) is 0 Å². The standard InChI is InChI=1S/C20H17N3/c1-15-10-11-21-12-18(15)17-8-5-9-19-20(17)22-14-23(19)13-16-6-3-2-4-7-16/h2-12,14H,13H2,1H3. The maximum absolute atomic E-state index is 4.67. The maximum Gasteiger partial charge on any atom is 0.0963 e. The Bertz CT molecular complexity index is 955. The molecule has 0 radical (unpaired) electrons. The number of rotatable bonds is 3. The van der Waals surface area contributed by atoms with Crippen LogP contribution in [0.3, 0.4) is 0 Å². The van der Waals surface area contributed by atoms with Crippen LogP contribution >= 0.6 is 0 Å². The van der Waals surface area contributed by atoms with Gasteiger partial charge in [-0.2, -0.15) is 0 Å². The fourth-order valence-corrected chi connectivity index (χ4v) is 2.96. The number of nitrogens with zero attached hydrogens (tertiary/aromatic N) is 3. The van der Waals surface area contributed by atoms with Crippen LogP contribution in [0.15, 0.2) is 73.3 Å². The van der Waals surface area contributed by atoms with Gasteiger partial charge in [-0.05, 0) is 30.2 Å². The summed E-state index contributed by atoms with van der Waals surface area (Å²) >= 11 is 0. The molecule has 3 nitrogen and oxygen atoms in total. The fraction of sp³-hybridized carbons (Fsp3) is 0.100. The van der Waals surface area contributed by atoms with Crippen molar-refractivity contribution in [3.8, 4) is 11.1 Å². The van der Waals surface area contributed by atoms with Crippen molar-refractivity contribution in [3.05, 3.63) is 84.4 Å². The number of fused-ring (bicyclic) bond motifs is 1. The molecule has 0 saturated heterocycles. The van der Waals surface area contributed by atoms with Gasteiger partial charge in [-0.3, -0.25) is 4.98 Å². The average molecular weight is 299 g/mol. The number of hydrogen-bond donors (Lipinski definition) is 0. The molecule has 4 rings (SSSR count). The molecule has 4 aromatic rings. The highest BCUT2D eigenvalue weighted by Gasteiger charge is 2.11. The van der Waals surface area contributed by atoms with Crippen LogP contribution in [-0.2, 0) is 6.54 Å². The first-order valence-corrected chi connectivity index (χ1v) is 7.72. The third-order valence-electron chi connectivity index (χ3n) is 4.18. The third-order valence-corrected chi connectivity index (χ3v) is 4.18. The van der Waals surface area contributed by atoms with Gasteiger partial charge in [0.2, 0.25) is 0 Å². The van der Waals surface area contributed by atoms with Crippen molar-refractivity contribution in [3.63, 3.8) is 0 Å². The Morgan fingerprint density at radius 2 is 1.78 bits per heavy atom. The fourth-order valence-electron chi connectivity index (χ4n) is 2.96. The summed E-state index contributed by atoms with van der Waals surface area (Å²) in [5.74, 6) is 0. The Labute approximate surface area is 135 Å². The van der Waals surface area contributed by atoms with Gasteiger partial charge in [0.1, 0.15) is 0 Å². The van der Waals surface area contributed by atoms with Crippen LogP contribution in [0.5, 0.6) is 0 Å². The second kappa shape index (κ2) is 5.69. The molecule has 0 bridgehead atoms. The minimum atomic E-state index is 0.826. The van der Waals surface area contributed by atoms with Gasteiger partial charge in [-0.25, -0.2) is 4.98 Å². The van der Waals surface area contributed by atoms with Gasteiger partial charge >= 0.3 is 0 Å². The molecule has 0 unspecified atom stereocenters. The van der Waals surface area contributed by atoms with Crippen molar-refractivity contribution in [2.45, 2.75) is 13.5 Å². The zero-order valence-corrected chi connectivity index (χ0v) is 13.0. The van der Waals surface area contributed by atoms with Gasteiger partial charge in [0.15, 0.2) is 0 Å². The van der Waals surface area contributed by atoms with Crippen LogP contribution in [-0.4, -0.2) is 14.5 Å². The molecular weight excluding hydrogens is 282 g/mol. The molecule has 0 spiro atoms. The maximum atomic E-state index is 4.67. The first-order chi connectivity index (χ1) is 11.3. The number of para-hydroxylation sites is 1. The molecule has 0 saturated carbocycles. The average Bonchev–Trinajstić information content (AvgIpc) is 3.00. The Hall–Kier alpha value is -2.94. The van der Waals surface area contributed by atoms with Crippen molar-refractivity contribution in [1.29, 1.82) is 0 Å². The van der Waals surface area contributed by atoms with E-state index in [1.54, 1.807) is 0 Å². The zero-order chi connectivity index (χ0) is 15.6. The number of aromatic nitrogens is 3. The third kappa shape index (κ3) is 2.50. The lowest BCUT2D eigenvalue weighted by Crippen LogP contribution is -1.97. The minimum Gasteiger partial charge on any atom is -0.326 e. The SMILES string of the molecule is Cc1ccncc1-c1cccc2c1ncn2Cc1ccccc1. The zero-order valence-electron chi connectivity index (χ0n) is 13.0. The second-order valence-electron chi connectivity index (χ2n) is 5.72. The van der Waals surface area contributed by atoms with Crippen LogP contribution in [0.4, 0.5) is 0 Å². The Kier molecular flexibility index (Phi) is 3.39. The quantitative estimate of drug-likeness (QED) is 0.559. The molecule has 0 N–H and O–H groups in total. The van der Waals surface area contributed by atoms with E-state index in [2.05, 4.69) is 63.9 Å². The molecule has 0 fully saturated rings. The van der Waals surface area contributed by atoms with Gasteiger partial charge in [-0.15, -0.1) is 0 Å². The summed E-state index contributed by atoms with van der Waals surface area (Å²) in [6.45, 7) is 2.93. The Morgan fingerprint density at radius 1 is 0.913 bits per heavy atom. The van der Waals surface area contributed by atoms with E-state index in [1.165, 1.54) is 11.1 Å². The summed E-state index contributed by atoms with van der Waals surface area (Å²) in [6, 6.07) is 18.8. The van der Waals surface area contributed by atoms with Crippen molar-refractivity contribution in [2.75, 3.05) is 0 Å². The predicted molar refractivity (Wildman–Crippen MR) is 93.2 cm³/mol. The summed E-state index contributed by atoms with van der Waals surface area (Å²) in [7, 11) is 0. The molecule has 0 aliphatic rings. The van der Waals surface area contributed by atoms with Gasteiger partial charge in [-0.1, -0.05) is 42.5 Å². The lowest BCUT2D eigenvalue weighted by molar-refractivity contribution is 0.824. The number of imidazole rings is 1. The van der Waals surface area contributed by atoms with Crippen molar-refractivity contribution < 1.29 is 0 Å². The van der Waals surface area contributed by atoms with E-state index in [-0.39, 0.29) is 0 Å². The molecular formula is C20H17N3. The largest absolute Gasteiger partial charge is 0.326 e. The molecule has 2 aromatic carbocycles. The number of aryl methyl sites for hydroxylation is 1. The van der Waals surface area contributed by atoms with E-state index >= 15 is 0 Å². The van der Waals surface area contributed by atoms with Crippen LogP contribution in [0.1, 0.15) is 11.1 Å².